The van der Waals surface area contributed by atoms with E-state index in [-0.39, 0.29) is 29.4 Å². The van der Waals surface area contributed by atoms with Crippen LogP contribution in [0.15, 0.2) is 11.8 Å². The van der Waals surface area contributed by atoms with Crippen molar-refractivity contribution in [2.45, 2.75) is 147 Å². The molecule has 0 aromatic heterocycles. The lowest BCUT2D eigenvalue weighted by Crippen LogP contribution is -2.66. The Balaban J connectivity index is 1.76. The zero-order valence-electron chi connectivity index (χ0n) is 27.2. The molecule has 9 nitrogen and oxygen atoms in total. The van der Waals surface area contributed by atoms with Crippen LogP contribution in [0.3, 0.4) is 0 Å². The molecule has 1 saturated heterocycles. The van der Waals surface area contributed by atoms with Gasteiger partial charge in [-0.1, -0.05) is 41.5 Å². The molecular formula is C31H59NO8Si. The largest absolute Gasteiger partial charge is 0.469 e. The van der Waals surface area contributed by atoms with Gasteiger partial charge in [0.25, 0.3) is 0 Å². The van der Waals surface area contributed by atoms with Crippen molar-refractivity contribution < 1.29 is 38.7 Å². The molecule has 4 N–H and O–H groups in total. The summed E-state index contributed by atoms with van der Waals surface area (Å²) >= 11 is 0. The van der Waals surface area contributed by atoms with E-state index >= 15 is 0 Å². The molecule has 0 radical (unpaired) electrons. The first-order chi connectivity index (χ1) is 19.0. The van der Waals surface area contributed by atoms with Crippen molar-refractivity contribution in [3.05, 3.63) is 11.8 Å². The van der Waals surface area contributed by atoms with E-state index in [2.05, 4.69) is 66.0 Å². The molecule has 240 valence electrons. The van der Waals surface area contributed by atoms with Crippen LogP contribution in [0.2, 0.25) is 18.1 Å². The molecule has 2 fully saturated rings. The van der Waals surface area contributed by atoms with E-state index in [1.165, 1.54) is 0 Å². The van der Waals surface area contributed by atoms with Crippen molar-refractivity contribution in [3.63, 3.8) is 0 Å². The Bertz CT molecular complexity index is 862. The number of aliphatic hydroxyl groups is 3. The van der Waals surface area contributed by atoms with Crippen molar-refractivity contribution in [1.82, 2.24) is 5.32 Å². The summed E-state index contributed by atoms with van der Waals surface area (Å²) in [6.45, 7) is 19.8. The molecule has 0 bridgehead atoms. The van der Waals surface area contributed by atoms with Crippen molar-refractivity contribution in [3.8, 4) is 0 Å². The van der Waals surface area contributed by atoms with Crippen molar-refractivity contribution in [1.29, 1.82) is 0 Å². The summed E-state index contributed by atoms with van der Waals surface area (Å²) in [5.41, 5.74) is -1.25. The number of ether oxygens (including phenoxy) is 4. The van der Waals surface area contributed by atoms with Gasteiger partial charge in [-0.3, -0.25) is 0 Å². The molecule has 10 heteroatoms. The molecule has 41 heavy (non-hydrogen) atoms. The van der Waals surface area contributed by atoms with Crippen LogP contribution in [0.25, 0.3) is 0 Å². The minimum Gasteiger partial charge on any atom is -0.469 e. The summed E-state index contributed by atoms with van der Waals surface area (Å²) in [6.07, 6.45) is 1.63. The Morgan fingerprint density at radius 2 is 1.73 bits per heavy atom. The first-order valence-electron chi connectivity index (χ1n) is 15.7. The lowest BCUT2D eigenvalue weighted by molar-refractivity contribution is -0.312. The fourth-order valence-corrected chi connectivity index (χ4v) is 7.22. The quantitative estimate of drug-likeness (QED) is 0.203. The number of allylic oxidation sites excluding steroid dienone is 2. The van der Waals surface area contributed by atoms with Gasteiger partial charge < -0.3 is 44.0 Å². The van der Waals surface area contributed by atoms with Crippen LogP contribution in [-0.4, -0.2) is 92.5 Å². The van der Waals surface area contributed by atoms with Crippen LogP contribution < -0.4 is 5.32 Å². The van der Waals surface area contributed by atoms with Crippen LogP contribution in [-0.2, 0) is 23.4 Å². The maximum atomic E-state index is 11.8. The van der Waals surface area contributed by atoms with Crippen LogP contribution in [0, 0.1) is 17.8 Å². The summed E-state index contributed by atoms with van der Waals surface area (Å²) in [5.74, 6) is 1.18. The van der Waals surface area contributed by atoms with Gasteiger partial charge in [0, 0.05) is 18.9 Å². The molecular weight excluding hydrogens is 542 g/mol. The zero-order valence-corrected chi connectivity index (χ0v) is 28.2. The second-order valence-electron chi connectivity index (χ2n) is 14.4. The Morgan fingerprint density at radius 1 is 1.07 bits per heavy atom. The van der Waals surface area contributed by atoms with E-state index in [1.807, 2.05) is 0 Å². The van der Waals surface area contributed by atoms with E-state index in [0.717, 1.165) is 37.9 Å². The van der Waals surface area contributed by atoms with Gasteiger partial charge in [-0.25, -0.2) is 0 Å². The number of likely N-dealkylation sites (N-methyl/N-ethyl adjacent to an activating group) is 1. The Kier molecular flexibility index (Phi) is 12.0. The summed E-state index contributed by atoms with van der Waals surface area (Å²) in [4.78, 5) is 0. The highest BCUT2D eigenvalue weighted by Gasteiger charge is 2.51. The molecule has 0 spiro atoms. The summed E-state index contributed by atoms with van der Waals surface area (Å²) in [5, 5.41) is 36.8. The van der Waals surface area contributed by atoms with Crippen LogP contribution >= 0.6 is 0 Å². The molecule has 1 aliphatic carbocycles. The first kappa shape index (κ1) is 34.9. The molecule has 0 aromatic carbocycles. The summed E-state index contributed by atoms with van der Waals surface area (Å²) < 4.78 is 31.4. The number of hydrogen-bond acceptors (Lipinski definition) is 9. The molecule has 0 amide bonds. The number of rotatable bonds is 11. The zero-order chi connectivity index (χ0) is 30.8. The minimum absolute atomic E-state index is 0.00393. The van der Waals surface area contributed by atoms with E-state index in [0.29, 0.717) is 6.61 Å². The number of hydrogen-bond donors (Lipinski definition) is 4. The number of nitrogens with one attached hydrogen (secondary N) is 1. The molecule has 2 aliphatic heterocycles. The Hall–Kier alpha value is -0.563. The molecule has 0 aromatic rings. The van der Waals surface area contributed by atoms with Gasteiger partial charge in [-0.15, -0.1) is 0 Å². The van der Waals surface area contributed by atoms with Crippen LogP contribution in [0.5, 0.6) is 0 Å². The van der Waals surface area contributed by atoms with Gasteiger partial charge >= 0.3 is 0 Å². The lowest BCUT2D eigenvalue weighted by atomic mass is 9.74. The lowest BCUT2D eigenvalue weighted by Gasteiger charge is -2.49. The fourth-order valence-electron chi connectivity index (χ4n) is 6.13. The van der Waals surface area contributed by atoms with E-state index in [9.17, 15) is 15.3 Å². The summed E-state index contributed by atoms with van der Waals surface area (Å²) in [6, 6.07) is -0.639. The highest BCUT2D eigenvalue weighted by Crippen LogP contribution is 2.41. The predicted octanol–water partition coefficient (Wildman–Crippen LogP) is 4.31. The van der Waals surface area contributed by atoms with Crippen molar-refractivity contribution in [2.24, 2.45) is 17.8 Å². The van der Waals surface area contributed by atoms with Gasteiger partial charge in [0.2, 0.25) is 6.29 Å². The molecule has 2 heterocycles. The fraction of sp³-hybridized carbons (Fsp3) is 0.935. The highest BCUT2D eigenvalue weighted by molar-refractivity contribution is 6.74. The monoisotopic (exact) mass is 601 g/mol. The second-order valence-corrected chi connectivity index (χ2v) is 19.2. The number of aliphatic hydroxyl groups excluding tert-OH is 2. The van der Waals surface area contributed by atoms with E-state index in [1.54, 1.807) is 14.0 Å². The average molecular weight is 602 g/mol. The van der Waals surface area contributed by atoms with E-state index < -0.39 is 57.0 Å². The Morgan fingerprint density at radius 3 is 2.34 bits per heavy atom. The van der Waals surface area contributed by atoms with Crippen LogP contribution in [0.1, 0.15) is 80.6 Å². The van der Waals surface area contributed by atoms with Crippen LogP contribution in [0.4, 0.5) is 0 Å². The minimum atomic E-state index is -1.86. The van der Waals surface area contributed by atoms with Gasteiger partial charge in [-0.2, -0.15) is 0 Å². The first-order valence-corrected chi connectivity index (χ1v) is 18.6. The molecule has 3 aliphatic rings. The third kappa shape index (κ3) is 8.33. The molecule has 1 saturated carbocycles. The predicted molar refractivity (Wildman–Crippen MR) is 162 cm³/mol. The SMILES string of the molecule is CCC1=CC[C@@H](C)[C@@H](O[C@H]2[C@H](O)[C@@H](O[C@H]3OC[C@](C)(O)[C@H](NC)[C@H]3O)[C@H](CCCO[Si](C)(C)C(C)(C)C)C[C@@H]2C)O1. The summed E-state index contributed by atoms with van der Waals surface area (Å²) in [7, 11) is -0.164. The smallest absolute Gasteiger partial charge is 0.202 e. The normalized spacial score (nSPS) is 40.7. The molecule has 0 unspecified atom stereocenters. The third-order valence-corrected chi connectivity index (χ3v) is 14.4. The van der Waals surface area contributed by atoms with E-state index in [4.69, 9.17) is 23.4 Å². The van der Waals surface area contributed by atoms with Gasteiger partial charge in [0.05, 0.1) is 30.6 Å². The highest BCUT2D eigenvalue weighted by atomic mass is 28.4. The molecule has 11 atom stereocenters. The van der Waals surface area contributed by atoms with Crippen molar-refractivity contribution in [2.75, 3.05) is 20.3 Å². The van der Waals surface area contributed by atoms with Gasteiger partial charge in [0.1, 0.15) is 17.8 Å². The maximum absolute atomic E-state index is 11.8. The standard InChI is InChI=1S/C31H59NO8Si/c1-11-22-15-14-19(2)28(38-22)39-25-20(3)17-21(13-12-16-37-41(9,10)30(4,5)6)26(23(25)33)40-29-24(34)27(32-8)31(7,35)18-36-29/h15,19-21,23-29,32-35H,11-14,16-18H2,1-10H3/t19-,20+,21-,23+,24-,25-,26+,27-,28-,29-,31+/m1/s1. The Labute approximate surface area is 249 Å². The van der Waals surface area contributed by atoms with Crippen molar-refractivity contribution >= 4 is 8.32 Å². The average Bonchev–Trinajstić information content (AvgIpc) is 2.88. The second kappa shape index (κ2) is 14.0. The van der Waals surface area contributed by atoms with Gasteiger partial charge in [-0.05, 0) is 75.7 Å². The third-order valence-electron chi connectivity index (χ3n) is 9.88. The van der Waals surface area contributed by atoms with Gasteiger partial charge in [0.15, 0.2) is 14.6 Å². The maximum Gasteiger partial charge on any atom is 0.202 e. The topological polar surface area (TPSA) is 119 Å². The molecule has 3 rings (SSSR count).